The minimum Gasteiger partial charge on any atom is -0.163 e. The fourth-order valence-corrected chi connectivity index (χ4v) is 1.20. The predicted molar refractivity (Wildman–Crippen MR) is 47.6 cm³/mol. The van der Waals surface area contributed by atoms with Crippen LogP contribution in [0.3, 0.4) is 0 Å². The standard InChI is InChI=1S/C7H13BN2/c1-5(2)6-4-9-10-7(6)3-8/h4-6H,3,8H2,1-2H3. The molecule has 0 saturated carbocycles. The topological polar surface area (TPSA) is 24.7 Å². The molecule has 0 saturated heterocycles. The number of hydrogen-bond donors (Lipinski definition) is 0. The summed E-state index contributed by atoms with van der Waals surface area (Å²) in [7, 11) is 2.13. The van der Waals surface area contributed by atoms with Gasteiger partial charge in [0.05, 0.1) is 0 Å². The van der Waals surface area contributed by atoms with Gasteiger partial charge in [0.15, 0.2) is 0 Å². The molecule has 2 nitrogen and oxygen atoms in total. The van der Waals surface area contributed by atoms with E-state index in [1.165, 1.54) is 5.71 Å². The van der Waals surface area contributed by atoms with Crippen LogP contribution in [0.1, 0.15) is 13.8 Å². The van der Waals surface area contributed by atoms with Gasteiger partial charge in [-0.2, -0.15) is 10.2 Å². The third kappa shape index (κ3) is 1.28. The van der Waals surface area contributed by atoms with Crippen molar-refractivity contribution in [1.82, 2.24) is 0 Å². The third-order valence-electron chi connectivity index (χ3n) is 1.88. The normalized spacial score (nSPS) is 23.9. The average Bonchev–Trinajstić information content (AvgIpc) is 2.33. The lowest BCUT2D eigenvalue weighted by molar-refractivity contribution is 0.614. The quantitative estimate of drug-likeness (QED) is 0.500. The summed E-state index contributed by atoms with van der Waals surface area (Å²) in [6, 6.07) is 0. The molecule has 0 N–H and O–H groups in total. The van der Waals surface area contributed by atoms with Gasteiger partial charge in [0.25, 0.3) is 0 Å². The van der Waals surface area contributed by atoms with Gasteiger partial charge in [-0.05, 0) is 12.2 Å². The zero-order valence-corrected chi connectivity index (χ0v) is 6.83. The van der Waals surface area contributed by atoms with Crippen LogP contribution >= 0.6 is 0 Å². The molecule has 0 radical (unpaired) electrons. The summed E-state index contributed by atoms with van der Waals surface area (Å²) >= 11 is 0. The molecule has 1 heterocycles. The molecular formula is C7H13BN2. The first-order valence-electron chi connectivity index (χ1n) is 3.85. The molecule has 0 bridgehead atoms. The SMILES string of the molecule is BCC1=NN=CC1C(C)C. The predicted octanol–water partition coefficient (Wildman–Crippen LogP) is 0.750. The summed E-state index contributed by atoms with van der Waals surface area (Å²) in [6.07, 6.45) is 2.98. The summed E-state index contributed by atoms with van der Waals surface area (Å²) in [5, 5.41) is 7.94. The van der Waals surface area contributed by atoms with Gasteiger partial charge in [-0.15, -0.1) is 0 Å². The largest absolute Gasteiger partial charge is 0.163 e. The second kappa shape index (κ2) is 2.99. The molecule has 1 unspecified atom stereocenters. The van der Waals surface area contributed by atoms with Gasteiger partial charge in [0.1, 0.15) is 7.85 Å². The van der Waals surface area contributed by atoms with Gasteiger partial charge >= 0.3 is 0 Å². The molecule has 54 valence electrons. The lowest BCUT2D eigenvalue weighted by Crippen LogP contribution is -2.17. The Kier molecular flexibility index (Phi) is 2.25. The van der Waals surface area contributed by atoms with Crippen LogP contribution in [-0.2, 0) is 0 Å². The molecule has 10 heavy (non-hydrogen) atoms. The fourth-order valence-electron chi connectivity index (χ4n) is 1.20. The highest BCUT2D eigenvalue weighted by Gasteiger charge is 2.19. The zero-order chi connectivity index (χ0) is 7.56. The number of hydrogen-bond acceptors (Lipinski definition) is 2. The van der Waals surface area contributed by atoms with E-state index in [0.29, 0.717) is 11.8 Å². The molecule has 0 amide bonds. The highest BCUT2D eigenvalue weighted by Crippen LogP contribution is 2.16. The minimum absolute atomic E-state index is 0.505. The molecule has 1 aliphatic rings. The minimum atomic E-state index is 0.505. The summed E-state index contributed by atoms with van der Waals surface area (Å²) in [4.78, 5) is 0. The van der Waals surface area contributed by atoms with Crippen LogP contribution in [0.25, 0.3) is 0 Å². The fraction of sp³-hybridized carbons (Fsp3) is 0.714. The van der Waals surface area contributed by atoms with Crippen molar-refractivity contribution < 1.29 is 0 Å². The van der Waals surface area contributed by atoms with Crippen molar-refractivity contribution in [2.75, 3.05) is 0 Å². The van der Waals surface area contributed by atoms with Crippen molar-refractivity contribution in [1.29, 1.82) is 0 Å². The van der Waals surface area contributed by atoms with E-state index in [4.69, 9.17) is 0 Å². The van der Waals surface area contributed by atoms with Crippen LogP contribution in [0.15, 0.2) is 10.2 Å². The van der Waals surface area contributed by atoms with Crippen LogP contribution in [-0.4, -0.2) is 19.8 Å². The van der Waals surface area contributed by atoms with Gasteiger partial charge in [-0.3, -0.25) is 0 Å². The Bertz CT molecular complexity index is 172. The highest BCUT2D eigenvalue weighted by molar-refractivity contribution is 6.24. The third-order valence-corrected chi connectivity index (χ3v) is 1.88. The van der Waals surface area contributed by atoms with Gasteiger partial charge in [0.2, 0.25) is 0 Å². The summed E-state index contributed by atoms with van der Waals surface area (Å²) < 4.78 is 0. The lowest BCUT2D eigenvalue weighted by Gasteiger charge is -2.11. The molecule has 0 aromatic rings. The van der Waals surface area contributed by atoms with Crippen molar-refractivity contribution in [3.8, 4) is 0 Å². The maximum Gasteiger partial charge on any atom is 0.108 e. The first-order chi connectivity index (χ1) is 4.75. The Morgan fingerprint density at radius 1 is 1.70 bits per heavy atom. The molecule has 1 aliphatic heterocycles. The average molecular weight is 136 g/mol. The van der Waals surface area contributed by atoms with Crippen molar-refractivity contribution in [3.63, 3.8) is 0 Å². The summed E-state index contributed by atoms with van der Waals surface area (Å²) in [6.45, 7) is 4.40. The molecule has 3 heteroatoms. The van der Waals surface area contributed by atoms with Crippen molar-refractivity contribution in [3.05, 3.63) is 0 Å². The summed E-state index contributed by atoms with van der Waals surface area (Å²) in [5.41, 5.74) is 1.23. The van der Waals surface area contributed by atoms with Crippen molar-refractivity contribution in [2.45, 2.75) is 20.2 Å². The van der Waals surface area contributed by atoms with E-state index in [2.05, 4.69) is 31.9 Å². The van der Waals surface area contributed by atoms with Crippen LogP contribution in [0.5, 0.6) is 0 Å². The Labute approximate surface area is 62.8 Å². The second-order valence-corrected chi connectivity index (χ2v) is 2.98. The summed E-state index contributed by atoms with van der Waals surface area (Å²) in [5.74, 6) is 1.15. The van der Waals surface area contributed by atoms with E-state index < -0.39 is 0 Å². The molecule has 0 fully saturated rings. The van der Waals surface area contributed by atoms with Crippen LogP contribution in [0.4, 0.5) is 0 Å². The van der Waals surface area contributed by atoms with Crippen molar-refractivity contribution in [2.24, 2.45) is 22.0 Å². The monoisotopic (exact) mass is 136 g/mol. The molecule has 0 aromatic carbocycles. The zero-order valence-electron chi connectivity index (χ0n) is 6.83. The van der Waals surface area contributed by atoms with Gasteiger partial charge in [-0.25, -0.2) is 0 Å². The van der Waals surface area contributed by atoms with Crippen LogP contribution in [0.2, 0.25) is 6.32 Å². The van der Waals surface area contributed by atoms with Gasteiger partial charge in [-0.1, -0.05) is 13.8 Å². The van der Waals surface area contributed by atoms with E-state index in [0.717, 1.165) is 6.32 Å². The molecule has 0 aliphatic carbocycles. The van der Waals surface area contributed by atoms with E-state index in [1.54, 1.807) is 0 Å². The lowest BCUT2D eigenvalue weighted by atomic mass is 9.85. The first-order valence-corrected chi connectivity index (χ1v) is 3.85. The van der Waals surface area contributed by atoms with Gasteiger partial charge in [0, 0.05) is 17.8 Å². The Morgan fingerprint density at radius 3 is 2.80 bits per heavy atom. The maximum atomic E-state index is 4.04. The smallest absolute Gasteiger partial charge is 0.108 e. The van der Waals surface area contributed by atoms with Gasteiger partial charge < -0.3 is 0 Å². The molecule has 1 atom stereocenters. The number of rotatable bonds is 2. The van der Waals surface area contributed by atoms with Crippen molar-refractivity contribution >= 4 is 19.8 Å². The first kappa shape index (κ1) is 7.51. The molecular weight excluding hydrogens is 123 g/mol. The van der Waals surface area contributed by atoms with E-state index in [9.17, 15) is 0 Å². The Balaban J connectivity index is 2.62. The Hall–Kier alpha value is -0.595. The molecule has 1 rings (SSSR count). The maximum absolute atomic E-state index is 4.04. The van der Waals surface area contributed by atoms with E-state index in [1.807, 2.05) is 6.21 Å². The number of nitrogens with zero attached hydrogens (tertiary/aromatic N) is 2. The Morgan fingerprint density at radius 2 is 2.40 bits per heavy atom. The highest BCUT2D eigenvalue weighted by atomic mass is 15.2. The molecule has 0 aromatic heterocycles. The van der Waals surface area contributed by atoms with Crippen LogP contribution in [0, 0.1) is 11.8 Å². The van der Waals surface area contributed by atoms with E-state index >= 15 is 0 Å². The van der Waals surface area contributed by atoms with E-state index in [-0.39, 0.29) is 0 Å². The second-order valence-electron chi connectivity index (χ2n) is 2.98. The molecule has 0 spiro atoms. The van der Waals surface area contributed by atoms with Crippen LogP contribution < -0.4 is 0 Å².